The van der Waals surface area contributed by atoms with Crippen molar-refractivity contribution < 1.29 is 19.1 Å². The van der Waals surface area contributed by atoms with Crippen LogP contribution in [-0.4, -0.2) is 52.3 Å². The number of methoxy groups -OCH3 is 1. The monoisotopic (exact) mass is 368 g/mol. The van der Waals surface area contributed by atoms with E-state index in [1.54, 1.807) is 36.6 Å². The maximum Gasteiger partial charge on any atom is 0.243 e. The fraction of sp³-hybridized carbons (Fsp3) is 0.727. The minimum Gasteiger partial charge on any atom is -0.380 e. The highest BCUT2D eigenvalue weighted by molar-refractivity contribution is 14.1. The molecule has 3 atom stereocenters. The van der Waals surface area contributed by atoms with Gasteiger partial charge in [0, 0.05) is 49.6 Å². The summed E-state index contributed by atoms with van der Waals surface area (Å²) in [4.78, 5) is 36.1. The molecular formula is C11H17IN2O4. The van der Waals surface area contributed by atoms with Crippen LogP contribution in [0.1, 0.15) is 20.3 Å². The summed E-state index contributed by atoms with van der Waals surface area (Å²) in [5, 5.41) is 2.61. The van der Waals surface area contributed by atoms with Crippen molar-refractivity contribution in [2.75, 3.05) is 13.7 Å². The zero-order valence-corrected chi connectivity index (χ0v) is 12.8. The molecule has 2 unspecified atom stereocenters. The van der Waals surface area contributed by atoms with Gasteiger partial charge in [-0.15, -0.1) is 0 Å². The van der Waals surface area contributed by atoms with Gasteiger partial charge < -0.3 is 15.0 Å². The summed E-state index contributed by atoms with van der Waals surface area (Å²) < 4.78 is 5.04. The highest BCUT2D eigenvalue weighted by atomic mass is 127. The minimum absolute atomic E-state index is 0.129. The third kappa shape index (κ3) is 3.64. The van der Waals surface area contributed by atoms with Crippen molar-refractivity contribution in [1.82, 2.24) is 10.2 Å². The normalized spacial score (nSPS) is 24.8. The maximum atomic E-state index is 12.0. The standard InChI is InChI=1S/C11H17IN2O4/c1-6(10(12)16)13-11(17)9-4-8(18-3)5-14(9)7(2)15/h6,8-9H,4-5H2,1-3H3,(H,13,17)/t6?,8?,9-/m0/s1. The molecule has 0 aromatic heterocycles. The third-order valence-electron chi connectivity index (χ3n) is 3.00. The molecule has 0 bridgehead atoms. The van der Waals surface area contributed by atoms with Crippen molar-refractivity contribution in [3.63, 3.8) is 0 Å². The van der Waals surface area contributed by atoms with Crippen molar-refractivity contribution in [2.45, 2.75) is 38.5 Å². The van der Waals surface area contributed by atoms with E-state index < -0.39 is 12.1 Å². The molecule has 18 heavy (non-hydrogen) atoms. The minimum atomic E-state index is -0.550. The van der Waals surface area contributed by atoms with Crippen molar-refractivity contribution in [1.29, 1.82) is 0 Å². The number of nitrogens with zero attached hydrogens (tertiary/aromatic N) is 1. The van der Waals surface area contributed by atoms with Crippen LogP contribution in [0, 0.1) is 0 Å². The van der Waals surface area contributed by atoms with Gasteiger partial charge in [0.1, 0.15) is 6.04 Å². The Morgan fingerprint density at radius 1 is 1.44 bits per heavy atom. The second kappa shape index (κ2) is 6.46. The average Bonchev–Trinajstić information content (AvgIpc) is 2.72. The zero-order valence-electron chi connectivity index (χ0n) is 10.6. The molecule has 0 saturated carbocycles. The summed E-state index contributed by atoms with van der Waals surface area (Å²) in [5.74, 6) is -0.467. The highest BCUT2D eigenvalue weighted by Gasteiger charge is 2.38. The second-order valence-corrected chi connectivity index (χ2v) is 5.38. The molecule has 1 saturated heterocycles. The molecule has 2 amide bonds. The number of carbonyl (C=O) groups excluding carboxylic acids is 3. The Labute approximate surface area is 120 Å². The SMILES string of the molecule is COC1C[C@@H](C(=O)NC(C)C(=O)I)N(C(C)=O)C1. The molecule has 1 N–H and O–H groups in total. The van der Waals surface area contributed by atoms with Crippen LogP contribution in [0.15, 0.2) is 0 Å². The fourth-order valence-electron chi connectivity index (χ4n) is 1.93. The Morgan fingerprint density at radius 3 is 2.50 bits per heavy atom. The number of hydrogen-bond acceptors (Lipinski definition) is 4. The largest absolute Gasteiger partial charge is 0.380 e. The van der Waals surface area contributed by atoms with Gasteiger partial charge in [0.25, 0.3) is 0 Å². The van der Waals surface area contributed by atoms with E-state index in [1.807, 2.05) is 0 Å². The number of nitrogens with one attached hydrogen (secondary N) is 1. The van der Waals surface area contributed by atoms with Crippen LogP contribution >= 0.6 is 22.6 Å². The van der Waals surface area contributed by atoms with Crippen LogP contribution in [0.25, 0.3) is 0 Å². The van der Waals surface area contributed by atoms with Crippen LogP contribution < -0.4 is 5.32 Å². The van der Waals surface area contributed by atoms with E-state index in [1.165, 1.54) is 11.8 Å². The van der Waals surface area contributed by atoms with Crippen molar-refractivity contribution >= 4 is 38.2 Å². The maximum absolute atomic E-state index is 12.0. The lowest BCUT2D eigenvalue weighted by Gasteiger charge is -2.23. The molecule has 7 heteroatoms. The number of ether oxygens (including phenoxy) is 1. The number of rotatable bonds is 4. The van der Waals surface area contributed by atoms with Gasteiger partial charge in [-0.1, -0.05) is 0 Å². The molecule has 102 valence electrons. The molecule has 6 nitrogen and oxygen atoms in total. The Balaban J connectivity index is 2.70. The lowest BCUT2D eigenvalue weighted by atomic mass is 10.1. The molecule has 1 fully saturated rings. The molecule has 0 spiro atoms. The second-order valence-electron chi connectivity index (χ2n) is 4.31. The van der Waals surface area contributed by atoms with Crippen LogP contribution in [0.5, 0.6) is 0 Å². The van der Waals surface area contributed by atoms with Gasteiger partial charge in [0.2, 0.25) is 15.6 Å². The van der Waals surface area contributed by atoms with Crippen LogP contribution in [0.2, 0.25) is 0 Å². The number of likely N-dealkylation sites (tertiary alicyclic amines) is 1. The van der Waals surface area contributed by atoms with E-state index >= 15 is 0 Å². The van der Waals surface area contributed by atoms with Gasteiger partial charge in [-0.25, -0.2) is 0 Å². The molecular weight excluding hydrogens is 351 g/mol. The lowest BCUT2D eigenvalue weighted by Crippen LogP contribution is -2.48. The summed E-state index contributed by atoms with van der Waals surface area (Å²) >= 11 is 1.64. The Hall–Kier alpha value is -0.700. The van der Waals surface area contributed by atoms with Crippen molar-refractivity contribution in [2.24, 2.45) is 0 Å². The van der Waals surface area contributed by atoms with Gasteiger partial charge in [0.05, 0.1) is 12.1 Å². The summed E-state index contributed by atoms with van der Waals surface area (Å²) in [6.45, 7) is 3.45. The lowest BCUT2D eigenvalue weighted by molar-refractivity contribution is -0.137. The van der Waals surface area contributed by atoms with Gasteiger partial charge in [0.15, 0.2) is 0 Å². The molecule has 1 rings (SSSR count). The first kappa shape index (κ1) is 15.4. The molecule has 1 aliphatic heterocycles. The Bertz CT molecular complexity index is 361. The van der Waals surface area contributed by atoms with E-state index in [2.05, 4.69) is 5.32 Å². The van der Waals surface area contributed by atoms with E-state index in [-0.39, 0.29) is 21.7 Å². The quantitative estimate of drug-likeness (QED) is 0.564. The number of amides is 2. The number of hydrogen-bond donors (Lipinski definition) is 1. The van der Waals surface area contributed by atoms with Gasteiger partial charge in [-0.2, -0.15) is 0 Å². The first-order valence-corrected chi connectivity index (χ1v) is 6.74. The molecule has 0 aliphatic carbocycles. The number of halogens is 1. The van der Waals surface area contributed by atoms with E-state index in [9.17, 15) is 14.4 Å². The molecule has 1 aliphatic rings. The first-order valence-electron chi connectivity index (χ1n) is 5.66. The van der Waals surface area contributed by atoms with Crippen LogP contribution in [0.4, 0.5) is 0 Å². The predicted octanol–water partition coefficient (Wildman–Crippen LogP) is 0.0885. The van der Waals surface area contributed by atoms with Crippen molar-refractivity contribution in [3.8, 4) is 0 Å². The first-order chi connectivity index (χ1) is 8.36. The zero-order chi connectivity index (χ0) is 13.9. The molecule has 0 aromatic carbocycles. The predicted molar refractivity (Wildman–Crippen MR) is 73.2 cm³/mol. The van der Waals surface area contributed by atoms with Gasteiger partial charge in [-0.05, 0) is 6.92 Å². The smallest absolute Gasteiger partial charge is 0.243 e. The molecule has 0 aromatic rings. The Morgan fingerprint density at radius 2 is 2.06 bits per heavy atom. The molecule has 0 radical (unpaired) electrons. The fourth-order valence-corrected chi connectivity index (χ4v) is 2.09. The Kier molecular flexibility index (Phi) is 5.51. The number of carbonyl (C=O) groups is 3. The highest BCUT2D eigenvalue weighted by Crippen LogP contribution is 2.20. The topological polar surface area (TPSA) is 75.7 Å². The van der Waals surface area contributed by atoms with Crippen LogP contribution in [-0.2, 0) is 19.1 Å². The summed E-state index contributed by atoms with van der Waals surface area (Å²) in [6.07, 6.45) is 0.333. The van der Waals surface area contributed by atoms with Crippen molar-refractivity contribution in [3.05, 3.63) is 0 Å². The van der Waals surface area contributed by atoms with Gasteiger partial charge in [-0.3, -0.25) is 14.4 Å². The summed E-state index contributed by atoms with van der Waals surface area (Å²) in [6, 6.07) is -1.10. The van der Waals surface area contributed by atoms with Crippen LogP contribution in [0.3, 0.4) is 0 Å². The summed E-state index contributed by atoms with van der Waals surface area (Å²) in [5.41, 5.74) is 0. The summed E-state index contributed by atoms with van der Waals surface area (Å²) in [7, 11) is 1.56. The third-order valence-corrected chi connectivity index (χ3v) is 3.94. The van der Waals surface area contributed by atoms with E-state index in [0.717, 1.165) is 0 Å². The van der Waals surface area contributed by atoms with E-state index in [0.29, 0.717) is 13.0 Å². The van der Waals surface area contributed by atoms with Gasteiger partial charge >= 0.3 is 0 Å². The van der Waals surface area contributed by atoms with E-state index in [4.69, 9.17) is 4.74 Å². The average molecular weight is 368 g/mol. The molecule has 1 heterocycles.